The van der Waals surface area contributed by atoms with E-state index in [0.717, 1.165) is 50.0 Å². The molecule has 2 aromatic rings. The van der Waals surface area contributed by atoms with E-state index >= 15 is 0 Å². The molecule has 164 valence electrons. The fourth-order valence-electron chi connectivity index (χ4n) is 4.46. The maximum atomic E-state index is 12.5. The van der Waals surface area contributed by atoms with Gasteiger partial charge in [-0.1, -0.05) is 31.0 Å². The van der Waals surface area contributed by atoms with Gasteiger partial charge in [0.2, 0.25) is 5.91 Å². The van der Waals surface area contributed by atoms with E-state index in [9.17, 15) is 14.4 Å². The van der Waals surface area contributed by atoms with Gasteiger partial charge >= 0.3 is 0 Å². The summed E-state index contributed by atoms with van der Waals surface area (Å²) in [5, 5.41) is 5.94. The number of hydrogen-bond acceptors (Lipinski definition) is 4. The van der Waals surface area contributed by atoms with Crippen molar-refractivity contribution < 1.29 is 9.59 Å². The van der Waals surface area contributed by atoms with Crippen LogP contribution >= 0.6 is 0 Å². The van der Waals surface area contributed by atoms with Gasteiger partial charge in [-0.3, -0.25) is 14.4 Å². The molecule has 0 spiro atoms. The van der Waals surface area contributed by atoms with Crippen molar-refractivity contribution in [2.24, 2.45) is 0 Å². The minimum absolute atomic E-state index is 0.116. The largest absolute Gasteiger partial charge is 0.371 e. The molecule has 7 nitrogen and oxygen atoms in total. The number of carbonyl (C=O) groups is 2. The third-order valence-corrected chi connectivity index (χ3v) is 6.16. The van der Waals surface area contributed by atoms with Crippen molar-refractivity contribution in [3.05, 3.63) is 64.1 Å². The van der Waals surface area contributed by atoms with E-state index in [1.165, 1.54) is 35.7 Å². The van der Waals surface area contributed by atoms with Crippen LogP contribution in [0.5, 0.6) is 0 Å². The number of nitrogens with one attached hydrogen (secondary N) is 2. The lowest BCUT2D eigenvalue weighted by atomic mass is 10.1. The van der Waals surface area contributed by atoms with Crippen LogP contribution in [-0.2, 0) is 17.9 Å². The standard InChI is InChI=1S/C24H30N4O3/c29-22(25-15-18-7-1-4-10-21(18)27-13-5-6-14-27)17-28-16-19(11-12-23(28)30)24(31)26-20-8-2-3-9-20/h1,4,7,10-12,16,20H,2-3,5-6,8-9,13-15,17H2,(H,25,29)(H,26,31). The summed E-state index contributed by atoms with van der Waals surface area (Å²) in [5.74, 6) is -0.452. The van der Waals surface area contributed by atoms with E-state index in [4.69, 9.17) is 0 Å². The van der Waals surface area contributed by atoms with E-state index in [2.05, 4.69) is 21.6 Å². The number of benzene rings is 1. The molecule has 2 N–H and O–H groups in total. The van der Waals surface area contributed by atoms with E-state index in [1.54, 1.807) is 0 Å². The Morgan fingerprint density at radius 2 is 1.71 bits per heavy atom. The smallest absolute Gasteiger partial charge is 0.252 e. The Hall–Kier alpha value is -3.09. The van der Waals surface area contributed by atoms with Gasteiger partial charge < -0.3 is 20.1 Å². The summed E-state index contributed by atoms with van der Waals surface area (Å²) in [4.78, 5) is 39.6. The molecule has 2 amide bonds. The predicted octanol–water partition coefficient (Wildman–Crippen LogP) is 2.44. The number of rotatable bonds is 7. The van der Waals surface area contributed by atoms with Crippen LogP contribution in [0.25, 0.3) is 0 Å². The van der Waals surface area contributed by atoms with Crippen molar-refractivity contribution in [2.75, 3.05) is 18.0 Å². The summed E-state index contributed by atoms with van der Waals surface area (Å²) < 4.78 is 1.30. The van der Waals surface area contributed by atoms with E-state index < -0.39 is 0 Å². The Kier molecular flexibility index (Phi) is 6.70. The van der Waals surface area contributed by atoms with Crippen LogP contribution in [0.3, 0.4) is 0 Å². The molecule has 0 radical (unpaired) electrons. The summed E-state index contributed by atoms with van der Waals surface area (Å²) in [6.45, 7) is 2.36. The third kappa shape index (κ3) is 5.34. The fraction of sp³-hybridized carbons (Fsp3) is 0.458. The minimum Gasteiger partial charge on any atom is -0.371 e. The number of nitrogens with zero attached hydrogens (tertiary/aromatic N) is 2. The molecule has 0 atom stereocenters. The number of carbonyl (C=O) groups excluding carboxylic acids is 2. The van der Waals surface area contributed by atoms with Crippen molar-refractivity contribution in [2.45, 2.75) is 57.7 Å². The first-order valence-electron chi connectivity index (χ1n) is 11.2. The van der Waals surface area contributed by atoms with Crippen LogP contribution in [0, 0.1) is 0 Å². The van der Waals surface area contributed by atoms with E-state index in [1.807, 2.05) is 18.2 Å². The molecule has 31 heavy (non-hydrogen) atoms. The highest BCUT2D eigenvalue weighted by atomic mass is 16.2. The summed E-state index contributed by atoms with van der Waals surface area (Å²) in [7, 11) is 0. The highest BCUT2D eigenvalue weighted by Gasteiger charge is 2.19. The van der Waals surface area contributed by atoms with Crippen LogP contribution in [0.2, 0.25) is 0 Å². The average molecular weight is 423 g/mol. The first-order valence-corrected chi connectivity index (χ1v) is 11.2. The molecular formula is C24H30N4O3. The SMILES string of the molecule is O=C(Cn1cc(C(=O)NC2CCCC2)ccc1=O)NCc1ccccc1N1CCCC1. The second kappa shape index (κ2) is 9.81. The van der Waals surface area contributed by atoms with Gasteiger partial charge in [0.1, 0.15) is 6.54 Å². The Morgan fingerprint density at radius 3 is 2.48 bits per heavy atom. The highest BCUT2D eigenvalue weighted by molar-refractivity contribution is 5.94. The zero-order valence-electron chi connectivity index (χ0n) is 17.8. The van der Waals surface area contributed by atoms with Crippen LogP contribution in [0.15, 0.2) is 47.4 Å². The fourth-order valence-corrected chi connectivity index (χ4v) is 4.46. The van der Waals surface area contributed by atoms with Crippen LogP contribution in [0.4, 0.5) is 5.69 Å². The quantitative estimate of drug-likeness (QED) is 0.718. The third-order valence-electron chi connectivity index (χ3n) is 6.16. The monoisotopic (exact) mass is 422 g/mol. The second-order valence-electron chi connectivity index (χ2n) is 8.44. The van der Waals surface area contributed by atoms with Crippen molar-refractivity contribution in [1.29, 1.82) is 0 Å². The lowest BCUT2D eigenvalue weighted by Gasteiger charge is -2.21. The lowest BCUT2D eigenvalue weighted by molar-refractivity contribution is -0.121. The average Bonchev–Trinajstić information content (AvgIpc) is 3.48. The molecule has 1 aromatic carbocycles. The second-order valence-corrected chi connectivity index (χ2v) is 8.44. The van der Waals surface area contributed by atoms with Gasteiger partial charge in [-0.05, 0) is 43.4 Å². The van der Waals surface area contributed by atoms with Gasteiger partial charge in [0, 0.05) is 43.6 Å². The first-order chi connectivity index (χ1) is 15.1. The van der Waals surface area contributed by atoms with Gasteiger partial charge in [-0.25, -0.2) is 0 Å². The zero-order chi connectivity index (χ0) is 21.6. The zero-order valence-corrected chi connectivity index (χ0v) is 17.8. The number of anilines is 1. The maximum absolute atomic E-state index is 12.5. The van der Waals surface area contributed by atoms with Gasteiger partial charge in [0.05, 0.1) is 5.56 Å². The first kappa shape index (κ1) is 21.2. The van der Waals surface area contributed by atoms with Crippen molar-refractivity contribution in [3.8, 4) is 0 Å². The Labute approximate surface area is 182 Å². The van der Waals surface area contributed by atoms with E-state index in [-0.39, 0.29) is 30.0 Å². The van der Waals surface area contributed by atoms with E-state index in [0.29, 0.717) is 12.1 Å². The van der Waals surface area contributed by atoms with Gasteiger partial charge in [0.15, 0.2) is 0 Å². The normalized spacial score (nSPS) is 16.5. The number of para-hydroxylation sites is 1. The molecule has 7 heteroatoms. The van der Waals surface area contributed by atoms with Crippen LogP contribution < -0.4 is 21.1 Å². The number of aromatic nitrogens is 1. The molecule has 2 fully saturated rings. The molecule has 2 heterocycles. The molecule has 4 rings (SSSR count). The van der Waals surface area contributed by atoms with Gasteiger partial charge in [0.25, 0.3) is 11.5 Å². The summed E-state index contributed by atoms with van der Waals surface area (Å²) >= 11 is 0. The number of pyridine rings is 1. The molecule has 1 aliphatic carbocycles. The van der Waals surface area contributed by atoms with Crippen LogP contribution in [-0.4, -0.2) is 35.5 Å². The molecule has 2 aliphatic rings. The molecule has 1 aliphatic heterocycles. The summed E-state index contributed by atoms with van der Waals surface area (Å²) in [6, 6.07) is 11.2. The number of hydrogen-bond donors (Lipinski definition) is 2. The highest BCUT2D eigenvalue weighted by Crippen LogP contribution is 2.24. The molecule has 0 unspecified atom stereocenters. The Balaban J connectivity index is 1.37. The van der Waals surface area contributed by atoms with Gasteiger partial charge in [-0.2, -0.15) is 0 Å². The van der Waals surface area contributed by atoms with Crippen molar-refractivity contribution in [3.63, 3.8) is 0 Å². The van der Waals surface area contributed by atoms with Crippen molar-refractivity contribution >= 4 is 17.5 Å². The predicted molar refractivity (Wildman–Crippen MR) is 120 cm³/mol. The molecular weight excluding hydrogens is 392 g/mol. The molecule has 1 saturated heterocycles. The maximum Gasteiger partial charge on any atom is 0.252 e. The molecule has 1 saturated carbocycles. The minimum atomic E-state index is -0.301. The number of amides is 2. The topological polar surface area (TPSA) is 83.4 Å². The molecule has 1 aromatic heterocycles. The summed E-state index contributed by atoms with van der Waals surface area (Å²) in [5.41, 5.74) is 2.32. The van der Waals surface area contributed by atoms with Crippen molar-refractivity contribution in [1.82, 2.24) is 15.2 Å². The lowest BCUT2D eigenvalue weighted by Crippen LogP contribution is -2.35. The molecule has 0 bridgehead atoms. The Morgan fingerprint density at radius 1 is 0.968 bits per heavy atom. The Bertz CT molecular complexity index is 988. The summed E-state index contributed by atoms with van der Waals surface area (Å²) in [6.07, 6.45) is 8.10. The van der Waals surface area contributed by atoms with Crippen LogP contribution in [0.1, 0.15) is 54.4 Å². The van der Waals surface area contributed by atoms with Gasteiger partial charge in [-0.15, -0.1) is 0 Å².